The van der Waals surface area contributed by atoms with Gasteiger partial charge < -0.3 is 10.2 Å². The third kappa shape index (κ3) is 8.21. The van der Waals surface area contributed by atoms with Crippen molar-refractivity contribution in [2.45, 2.75) is 51.6 Å². The Hall–Kier alpha value is -2.29. The van der Waals surface area contributed by atoms with E-state index in [1.165, 1.54) is 28.8 Å². The van der Waals surface area contributed by atoms with Crippen molar-refractivity contribution in [2.24, 2.45) is 0 Å². The molecule has 33 heavy (non-hydrogen) atoms. The molecule has 0 spiro atoms. The minimum atomic E-state index is -0.680. The molecule has 0 bridgehead atoms. The van der Waals surface area contributed by atoms with Gasteiger partial charge in [0, 0.05) is 30.5 Å². The van der Waals surface area contributed by atoms with Crippen molar-refractivity contribution in [1.82, 2.24) is 10.2 Å². The maximum atomic E-state index is 13.1. The second kappa shape index (κ2) is 12.8. The fourth-order valence-corrected chi connectivity index (χ4v) is 4.13. The number of carbonyl (C=O) groups is 2. The maximum Gasteiger partial charge on any atom is 0.269 e. The molecule has 0 saturated carbocycles. The molecule has 7 nitrogen and oxygen atoms in total. The molecule has 2 rings (SSSR count). The molecule has 0 aliphatic rings. The number of halogens is 2. The van der Waals surface area contributed by atoms with Gasteiger partial charge in [-0.05, 0) is 43.5 Å². The molecule has 0 aromatic heterocycles. The zero-order valence-electron chi connectivity index (χ0n) is 18.7. The number of nitrogens with one attached hydrogen (secondary N) is 1. The Morgan fingerprint density at radius 2 is 1.73 bits per heavy atom. The van der Waals surface area contributed by atoms with Crippen LogP contribution in [0.3, 0.4) is 0 Å². The Labute approximate surface area is 208 Å². The van der Waals surface area contributed by atoms with Gasteiger partial charge in [-0.1, -0.05) is 48.3 Å². The Morgan fingerprint density at radius 3 is 2.30 bits per heavy atom. The number of non-ortho nitro benzene ring substituents is 1. The van der Waals surface area contributed by atoms with Crippen LogP contribution in [0.2, 0.25) is 10.0 Å². The molecular weight excluding hydrogens is 485 g/mol. The second-order valence-electron chi connectivity index (χ2n) is 7.68. The van der Waals surface area contributed by atoms with Crippen molar-refractivity contribution in [1.29, 1.82) is 0 Å². The van der Waals surface area contributed by atoms with E-state index >= 15 is 0 Å². The number of benzene rings is 2. The van der Waals surface area contributed by atoms with E-state index in [4.69, 9.17) is 23.2 Å². The summed E-state index contributed by atoms with van der Waals surface area (Å²) in [6, 6.07) is 10.7. The first-order chi connectivity index (χ1) is 15.6. The Balaban J connectivity index is 2.09. The van der Waals surface area contributed by atoms with Crippen LogP contribution in [-0.2, 0) is 21.9 Å². The van der Waals surface area contributed by atoms with Gasteiger partial charge in [0.2, 0.25) is 11.8 Å². The lowest BCUT2D eigenvalue weighted by atomic mass is 10.1. The number of rotatable bonds is 11. The monoisotopic (exact) mass is 511 g/mol. The van der Waals surface area contributed by atoms with Gasteiger partial charge in [-0.15, -0.1) is 11.8 Å². The Bertz CT molecular complexity index is 988. The zero-order valence-corrected chi connectivity index (χ0v) is 21.0. The summed E-state index contributed by atoms with van der Waals surface area (Å²) in [4.78, 5) is 37.7. The topological polar surface area (TPSA) is 92.6 Å². The summed E-state index contributed by atoms with van der Waals surface area (Å²) in [6.07, 6.45) is 0.782. The molecule has 0 saturated heterocycles. The number of thioether (sulfide) groups is 1. The molecule has 0 radical (unpaired) electrons. The summed E-state index contributed by atoms with van der Waals surface area (Å²) in [6.45, 7) is 5.80. The average molecular weight is 512 g/mol. The van der Waals surface area contributed by atoms with Gasteiger partial charge in [-0.25, -0.2) is 0 Å². The highest BCUT2D eigenvalue weighted by atomic mass is 35.5. The molecule has 2 aromatic carbocycles. The molecule has 0 fully saturated rings. The largest absolute Gasteiger partial charge is 0.352 e. The molecule has 0 aliphatic heterocycles. The van der Waals surface area contributed by atoms with Gasteiger partial charge in [0.15, 0.2) is 0 Å². The summed E-state index contributed by atoms with van der Waals surface area (Å²) < 4.78 is 0. The number of carbonyl (C=O) groups excluding carboxylic acids is 2. The molecule has 10 heteroatoms. The van der Waals surface area contributed by atoms with Crippen LogP contribution in [0.5, 0.6) is 0 Å². The van der Waals surface area contributed by atoms with E-state index in [9.17, 15) is 19.7 Å². The van der Waals surface area contributed by atoms with Gasteiger partial charge >= 0.3 is 0 Å². The van der Waals surface area contributed by atoms with Gasteiger partial charge in [0.05, 0.1) is 20.7 Å². The van der Waals surface area contributed by atoms with Gasteiger partial charge in [0.25, 0.3) is 5.69 Å². The van der Waals surface area contributed by atoms with E-state index in [0.29, 0.717) is 15.8 Å². The zero-order chi connectivity index (χ0) is 24.5. The fourth-order valence-electron chi connectivity index (χ4n) is 2.94. The molecule has 0 unspecified atom stereocenters. The van der Waals surface area contributed by atoms with Crippen molar-refractivity contribution in [3.05, 3.63) is 73.8 Å². The smallest absolute Gasteiger partial charge is 0.269 e. The van der Waals surface area contributed by atoms with E-state index in [1.807, 2.05) is 13.8 Å². The lowest BCUT2D eigenvalue weighted by Gasteiger charge is -2.29. The summed E-state index contributed by atoms with van der Waals surface area (Å²) in [5.41, 5.74) is 1.66. The molecule has 2 atom stereocenters. The summed E-state index contributed by atoms with van der Waals surface area (Å²) in [7, 11) is 0. The lowest BCUT2D eigenvalue weighted by Crippen LogP contribution is -2.50. The summed E-state index contributed by atoms with van der Waals surface area (Å²) in [5, 5.41) is 14.5. The lowest BCUT2D eigenvalue weighted by molar-refractivity contribution is -0.384. The third-order valence-corrected chi connectivity index (χ3v) is 6.87. The Morgan fingerprint density at radius 1 is 1.09 bits per heavy atom. The van der Waals surface area contributed by atoms with Crippen molar-refractivity contribution in [3.8, 4) is 0 Å². The first-order valence-corrected chi connectivity index (χ1v) is 12.4. The predicted octanol–water partition coefficient (Wildman–Crippen LogP) is 5.47. The van der Waals surface area contributed by atoms with Crippen LogP contribution in [0.1, 0.15) is 38.3 Å². The molecule has 2 aromatic rings. The van der Waals surface area contributed by atoms with Crippen LogP contribution >= 0.6 is 35.0 Å². The van der Waals surface area contributed by atoms with Gasteiger partial charge in [0.1, 0.15) is 6.04 Å². The first kappa shape index (κ1) is 27.0. The molecule has 1 N–H and O–H groups in total. The number of hydrogen-bond acceptors (Lipinski definition) is 5. The van der Waals surface area contributed by atoms with Crippen LogP contribution < -0.4 is 5.32 Å². The van der Waals surface area contributed by atoms with Crippen molar-refractivity contribution in [2.75, 3.05) is 5.75 Å². The predicted molar refractivity (Wildman–Crippen MR) is 134 cm³/mol. The first-order valence-electron chi connectivity index (χ1n) is 10.5. The number of nitro groups is 1. The van der Waals surface area contributed by atoms with Crippen LogP contribution in [-0.4, -0.2) is 39.5 Å². The normalized spacial score (nSPS) is 12.6. The number of nitrogens with zero attached hydrogens (tertiary/aromatic N) is 2. The molecular formula is C23H27Cl2N3O4S. The van der Waals surface area contributed by atoms with Crippen molar-refractivity contribution >= 4 is 52.5 Å². The van der Waals surface area contributed by atoms with E-state index in [0.717, 1.165) is 17.5 Å². The quantitative estimate of drug-likeness (QED) is 0.319. The number of hydrogen-bond donors (Lipinski definition) is 1. The molecule has 2 amide bonds. The highest BCUT2D eigenvalue weighted by Crippen LogP contribution is 2.24. The van der Waals surface area contributed by atoms with Crippen molar-refractivity contribution in [3.63, 3.8) is 0 Å². The maximum absolute atomic E-state index is 13.1. The van der Waals surface area contributed by atoms with Crippen LogP contribution in [0, 0.1) is 10.1 Å². The standard InChI is InChI=1S/C23H27Cl2N3O4S/c1-4-15(2)26-23(30)16(3)27(12-18-7-10-20(24)21(25)11-18)22(29)14-33-13-17-5-8-19(9-6-17)28(31)32/h5-11,15-16H,4,12-14H2,1-3H3,(H,26,30)/t15-,16-/m1/s1. The minimum Gasteiger partial charge on any atom is -0.352 e. The van der Waals surface area contributed by atoms with E-state index in [2.05, 4.69) is 5.32 Å². The van der Waals surface area contributed by atoms with E-state index < -0.39 is 11.0 Å². The molecule has 0 aliphatic carbocycles. The van der Waals surface area contributed by atoms with Crippen LogP contribution in [0.25, 0.3) is 0 Å². The highest BCUT2D eigenvalue weighted by molar-refractivity contribution is 7.99. The average Bonchev–Trinajstić information content (AvgIpc) is 2.79. The third-order valence-electron chi connectivity index (χ3n) is 5.15. The fraction of sp³-hybridized carbons (Fsp3) is 0.391. The van der Waals surface area contributed by atoms with Gasteiger partial charge in [-0.3, -0.25) is 19.7 Å². The van der Waals surface area contributed by atoms with E-state index in [1.54, 1.807) is 37.3 Å². The second-order valence-corrected chi connectivity index (χ2v) is 9.48. The summed E-state index contributed by atoms with van der Waals surface area (Å²) in [5.74, 6) is 0.245. The molecule has 0 heterocycles. The summed E-state index contributed by atoms with van der Waals surface area (Å²) >= 11 is 13.5. The SMILES string of the molecule is CC[C@@H](C)NC(=O)[C@@H](C)N(Cc1ccc(Cl)c(Cl)c1)C(=O)CSCc1ccc([N+](=O)[O-])cc1. The van der Waals surface area contributed by atoms with Crippen molar-refractivity contribution < 1.29 is 14.5 Å². The van der Waals surface area contributed by atoms with Crippen LogP contribution in [0.15, 0.2) is 42.5 Å². The van der Waals surface area contributed by atoms with Crippen LogP contribution in [0.4, 0.5) is 5.69 Å². The van der Waals surface area contributed by atoms with E-state index in [-0.39, 0.29) is 35.8 Å². The molecule has 178 valence electrons. The number of amides is 2. The highest BCUT2D eigenvalue weighted by Gasteiger charge is 2.26. The Kier molecular flexibility index (Phi) is 10.5. The minimum absolute atomic E-state index is 0.00149. The van der Waals surface area contributed by atoms with Gasteiger partial charge in [-0.2, -0.15) is 0 Å². The number of nitro benzene ring substituents is 1.